The first-order valence-corrected chi connectivity index (χ1v) is 10.2. The zero-order valence-electron chi connectivity index (χ0n) is 16.9. The fourth-order valence-electron chi connectivity index (χ4n) is 3.56. The molecule has 0 radical (unpaired) electrons. The van der Waals surface area contributed by atoms with E-state index in [4.69, 9.17) is 16.3 Å². The summed E-state index contributed by atoms with van der Waals surface area (Å²) in [6.45, 7) is 6.42. The lowest BCUT2D eigenvalue weighted by Gasteiger charge is -2.18. The SMILES string of the molecule is C=CC(=O)N1CC[C@H](Oc2ccc3ncnc(NC(C)c4cccc(Cl)c4F)c3n2)C1. The number of halogens is 2. The van der Waals surface area contributed by atoms with Gasteiger partial charge in [0.2, 0.25) is 11.8 Å². The molecule has 4 rings (SSSR count). The number of aromatic nitrogens is 3. The summed E-state index contributed by atoms with van der Waals surface area (Å²) in [6.07, 6.45) is 3.27. The summed E-state index contributed by atoms with van der Waals surface area (Å²) >= 11 is 5.91. The fourth-order valence-corrected chi connectivity index (χ4v) is 3.74. The molecule has 0 spiro atoms. The molecule has 3 aromatic rings. The number of nitrogens with one attached hydrogen (secondary N) is 1. The largest absolute Gasteiger partial charge is 0.472 e. The summed E-state index contributed by atoms with van der Waals surface area (Å²) in [5.41, 5.74) is 1.55. The number of hydrogen-bond donors (Lipinski definition) is 1. The number of ether oxygens (including phenoxy) is 1. The molecule has 0 aliphatic carbocycles. The number of hydrogen-bond acceptors (Lipinski definition) is 6. The molecule has 2 aromatic heterocycles. The van der Waals surface area contributed by atoms with Gasteiger partial charge >= 0.3 is 0 Å². The van der Waals surface area contributed by atoms with Gasteiger partial charge in [0.25, 0.3) is 0 Å². The highest BCUT2D eigenvalue weighted by molar-refractivity contribution is 6.30. The minimum atomic E-state index is -0.473. The first-order chi connectivity index (χ1) is 15.0. The monoisotopic (exact) mass is 441 g/mol. The molecule has 0 bridgehead atoms. The lowest BCUT2D eigenvalue weighted by Crippen LogP contribution is -2.29. The van der Waals surface area contributed by atoms with Gasteiger partial charge in [0.05, 0.1) is 23.1 Å². The number of amides is 1. The quantitative estimate of drug-likeness (QED) is 0.579. The summed E-state index contributed by atoms with van der Waals surface area (Å²) in [4.78, 5) is 26.6. The lowest BCUT2D eigenvalue weighted by atomic mass is 10.1. The second-order valence-corrected chi connectivity index (χ2v) is 7.67. The van der Waals surface area contributed by atoms with Gasteiger partial charge in [-0.1, -0.05) is 30.3 Å². The van der Waals surface area contributed by atoms with Crippen LogP contribution >= 0.6 is 11.6 Å². The van der Waals surface area contributed by atoms with E-state index < -0.39 is 11.9 Å². The standard InChI is InChI=1S/C22H21ClFN5O2/c1-3-19(30)29-10-9-14(11-29)31-18-8-7-17-21(28-18)22(26-12-25-17)27-13(2)15-5-4-6-16(23)20(15)24/h3-8,12-14H,1,9-11H2,2H3,(H,25,26,27)/t13?,14-/m0/s1. The Kier molecular flexibility index (Phi) is 5.99. The van der Waals surface area contributed by atoms with Gasteiger partial charge in [0, 0.05) is 24.6 Å². The topological polar surface area (TPSA) is 80.2 Å². The van der Waals surface area contributed by atoms with Gasteiger partial charge in [-0.15, -0.1) is 0 Å². The number of rotatable bonds is 6. The van der Waals surface area contributed by atoms with Crippen molar-refractivity contribution >= 4 is 34.4 Å². The Morgan fingerprint density at radius 1 is 1.39 bits per heavy atom. The van der Waals surface area contributed by atoms with E-state index in [0.29, 0.717) is 47.8 Å². The Morgan fingerprint density at radius 3 is 3.03 bits per heavy atom. The maximum atomic E-state index is 14.4. The van der Waals surface area contributed by atoms with Gasteiger partial charge in [-0.3, -0.25) is 4.79 Å². The van der Waals surface area contributed by atoms with Crippen LogP contribution in [0, 0.1) is 5.82 Å². The van der Waals surface area contributed by atoms with E-state index in [1.807, 2.05) is 6.92 Å². The molecule has 1 fully saturated rings. The third-order valence-electron chi connectivity index (χ3n) is 5.18. The molecule has 1 N–H and O–H groups in total. The fraction of sp³-hybridized carbons (Fsp3) is 0.273. The van der Waals surface area contributed by atoms with Crippen molar-refractivity contribution in [1.29, 1.82) is 0 Å². The third-order valence-corrected chi connectivity index (χ3v) is 5.47. The summed E-state index contributed by atoms with van der Waals surface area (Å²) in [5, 5.41) is 3.25. The predicted molar refractivity (Wildman–Crippen MR) is 117 cm³/mol. The van der Waals surface area contributed by atoms with E-state index in [1.165, 1.54) is 18.5 Å². The van der Waals surface area contributed by atoms with Crippen LogP contribution in [-0.2, 0) is 4.79 Å². The van der Waals surface area contributed by atoms with E-state index in [2.05, 4.69) is 26.8 Å². The molecule has 1 saturated heterocycles. The number of anilines is 1. The van der Waals surface area contributed by atoms with Crippen molar-refractivity contribution in [2.24, 2.45) is 0 Å². The van der Waals surface area contributed by atoms with Crippen LogP contribution in [0.1, 0.15) is 24.9 Å². The second kappa shape index (κ2) is 8.85. The average molecular weight is 442 g/mol. The summed E-state index contributed by atoms with van der Waals surface area (Å²) in [6, 6.07) is 7.99. The molecule has 0 saturated carbocycles. The van der Waals surface area contributed by atoms with E-state index in [0.717, 1.165) is 0 Å². The molecule has 1 unspecified atom stereocenters. The van der Waals surface area contributed by atoms with Crippen LogP contribution in [-0.4, -0.2) is 45.0 Å². The minimum absolute atomic E-state index is 0.0630. The second-order valence-electron chi connectivity index (χ2n) is 7.27. The van der Waals surface area contributed by atoms with Gasteiger partial charge < -0.3 is 15.0 Å². The molecular weight excluding hydrogens is 421 g/mol. The van der Waals surface area contributed by atoms with Crippen molar-refractivity contribution in [3.63, 3.8) is 0 Å². The van der Waals surface area contributed by atoms with E-state index in [9.17, 15) is 9.18 Å². The van der Waals surface area contributed by atoms with Gasteiger partial charge in [0.15, 0.2) is 5.82 Å². The highest BCUT2D eigenvalue weighted by Crippen LogP contribution is 2.28. The zero-order chi connectivity index (χ0) is 22.0. The normalized spacial score (nSPS) is 16.9. The Balaban J connectivity index is 1.56. The first kappa shape index (κ1) is 21.0. The summed E-state index contributed by atoms with van der Waals surface area (Å²) in [7, 11) is 0. The van der Waals surface area contributed by atoms with E-state index >= 15 is 0 Å². The smallest absolute Gasteiger partial charge is 0.246 e. The van der Waals surface area contributed by atoms with Crippen LogP contribution in [0.5, 0.6) is 5.88 Å². The van der Waals surface area contributed by atoms with Gasteiger partial charge in [-0.25, -0.2) is 19.3 Å². The minimum Gasteiger partial charge on any atom is -0.472 e. The van der Waals surface area contributed by atoms with Crippen molar-refractivity contribution < 1.29 is 13.9 Å². The Bertz CT molecular complexity index is 1140. The number of pyridine rings is 1. The summed E-state index contributed by atoms with van der Waals surface area (Å²) in [5.74, 6) is 0.279. The summed E-state index contributed by atoms with van der Waals surface area (Å²) < 4.78 is 20.4. The van der Waals surface area contributed by atoms with Crippen LogP contribution < -0.4 is 10.1 Å². The maximum Gasteiger partial charge on any atom is 0.246 e. The van der Waals surface area contributed by atoms with Crippen LogP contribution in [0.25, 0.3) is 11.0 Å². The van der Waals surface area contributed by atoms with Crippen LogP contribution in [0.4, 0.5) is 10.2 Å². The number of carbonyl (C=O) groups excluding carboxylic acids is 1. The zero-order valence-corrected chi connectivity index (χ0v) is 17.6. The molecule has 2 atom stereocenters. The molecule has 160 valence electrons. The molecule has 1 aliphatic rings. The van der Waals surface area contributed by atoms with E-state index in [1.54, 1.807) is 29.2 Å². The highest BCUT2D eigenvalue weighted by Gasteiger charge is 2.26. The van der Waals surface area contributed by atoms with Crippen molar-refractivity contribution in [3.05, 3.63) is 65.7 Å². The van der Waals surface area contributed by atoms with Gasteiger partial charge in [-0.2, -0.15) is 0 Å². The lowest BCUT2D eigenvalue weighted by molar-refractivity contribution is -0.125. The average Bonchev–Trinajstić information content (AvgIpc) is 3.24. The van der Waals surface area contributed by atoms with Crippen molar-refractivity contribution in [1.82, 2.24) is 19.9 Å². The van der Waals surface area contributed by atoms with Gasteiger partial charge in [0.1, 0.15) is 23.8 Å². The first-order valence-electron chi connectivity index (χ1n) is 9.86. The number of likely N-dealkylation sites (tertiary alicyclic amines) is 1. The Hall–Kier alpha value is -3.26. The van der Waals surface area contributed by atoms with Crippen molar-refractivity contribution in [2.75, 3.05) is 18.4 Å². The van der Waals surface area contributed by atoms with Gasteiger partial charge in [-0.05, 0) is 25.1 Å². The third kappa shape index (κ3) is 4.44. The van der Waals surface area contributed by atoms with Crippen molar-refractivity contribution in [2.45, 2.75) is 25.5 Å². The van der Waals surface area contributed by atoms with Crippen LogP contribution in [0.2, 0.25) is 5.02 Å². The highest BCUT2D eigenvalue weighted by atomic mass is 35.5. The van der Waals surface area contributed by atoms with Crippen LogP contribution in [0.3, 0.4) is 0 Å². The molecule has 3 heterocycles. The number of fused-ring (bicyclic) bond motifs is 1. The molecule has 9 heteroatoms. The number of benzene rings is 1. The molecule has 1 amide bonds. The molecule has 1 aliphatic heterocycles. The predicted octanol–water partition coefficient (Wildman–Crippen LogP) is 4.16. The van der Waals surface area contributed by atoms with Crippen molar-refractivity contribution in [3.8, 4) is 5.88 Å². The molecule has 31 heavy (non-hydrogen) atoms. The van der Waals surface area contributed by atoms with Crippen LogP contribution in [0.15, 0.2) is 49.3 Å². The Morgan fingerprint density at radius 2 is 2.23 bits per heavy atom. The van der Waals surface area contributed by atoms with E-state index in [-0.39, 0.29) is 17.0 Å². The molecule has 7 nitrogen and oxygen atoms in total. The maximum absolute atomic E-state index is 14.4. The molecule has 1 aromatic carbocycles. The molecular formula is C22H21ClFN5O2. The number of carbonyl (C=O) groups is 1. The number of nitrogens with zero attached hydrogens (tertiary/aromatic N) is 4. The Labute approximate surface area is 183 Å².